The van der Waals surface area contributed by atoms with E-state index in [4.69, 9.17) is 5.84 Å². The third-order valence-corrected chi connectivity index (χ3v) is 3.54. The maximum Gasteiger partial charge on any atom is 0.163 e. The van der Waals surface area contributed by atoms with Gasteiger partial charge < -0.3 is 0 Å². The highest BCUT2D eigenvalue weighted by Crippen LogP contribution is 2.33. The highest BCUT2D eigenvalue weighted by atomic mass is 19.2. The lowest BCUT2D eigenvalue weighted by Crippen LogP contribution is -2.32. The summed E-state index contributed by atoms with van der Waals surface area (Å²) in [7, 11) is 0. The third-order valence-electron chi connectivity index (χ3n) is 3.54. The molecule has 0 aliphatic heterocycles. The van der Waals surface area contributed by atoms with Crippen LogP contribution in [0.1, 0.15) is 43.5 Å². The van der Waals surface area contributed by atoms with E-state index in [9.17, 15) is 8.78 Å². The van der Waals surface area contributed by atoms with E-state index in [1.165, 1.54) is 6.07 Å². The van der Waals surface area contributed by atoms with Crippen molar-refractivity contribution in [3.63, 3.8) is 0 Å². The van der Waals surface area contributed by atoms with Gasteiger partial charge in [0.1, 0.15) is 0 Å². The first kappa shape index (κ1) is 15.6. The van der Waals surface area contributed by atoms with E-state index in [-0.39, 0.29) is 11.0 Å². The maximum atomic E-state index is 14.1. The summed E-state index contributed by atoms with van der Waals surface area (Å²) < 4.78 is 27.6. The second-order valence-electron chi connectivity index (χ2n) is 6.08. The summed E-state index contributed by atoms with van der Waals surface area (Å²) in [6.07, 6.45) is 0. The molecule has 0 heterocycles. The zero-order chi connectivity index (χ0) is 15.6. The van der Waals surface area contributed by atoms with Crippen LogP contribution < -0.4 is 11.3 Å². The minimum absolute atomic E-state index is 0.129. The van der Waals surface area contributed by atoms with E-state index >= 15 is 0 Å². The van der Waals surface area contributed by atoms with Crippen LogP contribution in [0.15, 0.2) is 42.5 Å². The molecule has 0 bridgehead atoms. The molecule has 0 aliphatic rings. The number of benzene rings is 2. The van der Waals surface area contributed by atoms with Gasteiger partial charge in [-0.1, -0.05) is 57.2 Å². The molecule has 0 radical (unpaired) electrons. The SMILES string of the molecule is CC(C)(C)c1ccccc1C(NN)c1cccc(F)c1F. The predicted molar refractivity (Wildman–Crippen MR) is 80.7 cm³/mol. The Bertz CT molecular complexity index is 633. The minimum atomic E-state index is -0.874. The first-order chi connectivity index (χ1) is 9.86. The molecule has 0 fully saturated rings. The topological polar surface area (TPSA) is 38.0 Å². The van der Waals surface area contributed by atoms with E-state index < -0.39 is 17.7 Å². The largest absolute Gasteiger partial charge is 0.271 e. The molecule has 2 nitrogen and oxygen atoms in total. The lowest BCUT2D eigenvalue weighted by molar-refractivity contribution is 0.479. The van der Waals surface area contributed by atoms with Crippen LogP contribution >= 0.6 is 0 Å². The Labute approximate surface area is 124 Å². The monoisotopic (exact) mass is 290 g/mol. The van der Waals surface area contributed by atoms with Crippen molar-refractivity contribution in [2.75, 3.05) is 0 Å². The summed E-state index contributed by atoms with van der Waals surface area (Å²) in [5, 5.41) is 0. The number of nitrogens with one attached hydrogen (secondary N) is 1. The molecule has 4 heteroatoms. The fraction of sp³-hybridized carbons (Fsp3) is 0.294. The molecule has 112 valence electrons. The van der Waals surface area contributed by atoms with Crippen molar-refractivity contribution in [2.24, 2.45) is 5.84 Å². The van der Waals surface area contributed by atoms with Crippen molar-refractivity contribution in [1.29, 1.82) is 0 Å². The zero-order valence-corrected chi connectivity index (χ0v) is 12.5. The quantitative estimate of drug-likeness (QED) is 0.666. The van der Waals surface area contributed by atoms with Gasteiger partial charge in [0, 0.05) is 5.56 Å². The first-order valence-electron chi connectivity index (χ1n) is 6.85. The molecule has 0 aliphatic carbocycles. The van der Waals surface area contributed by atoms with Gasteiger partial charge in [-0.3, -0.25) is 5.84 Å². The average Bonchev–Trinajstić information content (AvgIpc) is 2.44. The van der Waals surface area contributed by atoms with E-state index in [1.54, 1.807) is 6.07 Å². The fourth-order valence-electron chi connectivity index (χ4n) is 2.52. The molecule has 0 saturated heterocycles. The normalized spacial score (nSPS) is 13.2. The van der Waals surface area contributed by atoms with E-state index in [2.05, 4.69) is 26.2 Å². The maximum absolute atomic E-state index is 14.1. The van der Waals surface area contributed by atoms with Crippen LogP contribution in [-0.4, -0.2) is 0 Å². The minimum Gasteiger partial charge on any atom is -0.271 e. The van der Waals surface area contributed by atoms with Gasteiger partial charge in [-0.2, -0.15) is 0 Å². The summed E-state index contributed by atoms with van der Waals surface area (Å²) in [6.45, 7) is 6.21. The van der Waals surface area contributed by atoms with Crippen molar-refractivity contribution >= 4 is 0 Å². The predicted octanol–water partition coefficient (Wildman–Crippen LogP) is 3.82. The van der Waals surface area contributed by atoms with Crippen molar-refractivity contribution in [2.45, 2.75) is 32.2 Å². The molecular formula is C17H20F2N2. The molecule has 1 atom stereocenters. The van der Waals surface area contributed by atoms with Gasteiger partial charge in [0.25, 0.3) is 0 Å². The Balaban J connectivity index is 2.60. The Kier molecular flexibility index (Phi) is 4.40. The molecule has 0 amide bonds. The molecule has 0 aromatic heterocycles. The molecule has 1 unspecified atom stereocenters. The fourth-order valence-corrected chi connectivity index (χ4v) is 2.52. The molecule has 21 heavy (non-hydrogen) atoms. The second-order valence-corrected chi connectivity index (χ2v) is 6.08. The third kappa shape index (κ3) is 3.12. The van der Waals surface area contributed by atoms with Crippen molar-refractivity contribution in [3.05, 3.63) is 70.8 Å². The Hall–Kier alpha value is -1.78. The van der Waals surface area contributed by atoms with E-state index in [1.807, 2.05) is 24.3 Å². The average molecular weight is 290 g/mol. The van der Waals surface area contributed by atoms with Gasteiger partial charge in [0.15, 0.2) is 11.6 Å². The molecular weight excluding hydrogens is 270 g/mol. The number of rotatable bonds is 3. The van der Waals surface area contributed by atoms with Crippen LogP contribution in [0.5, 0.6) is 0 Å². The van der Waals surface area contributed by atoms with Crippen LogP contribution in [0.25, 0.3) is 0 Å². The smallest absolute Gasteiger partial charge is 0.163 e. The molecule has 2 rings (SSSR count). The number of nitrogens with two attached hydrogens (primary N) is 1. The molecule has 0 spiro atoms. The Morgan fingerprint density at radius 2 is 1.57 bits per heavy atom. The zero-order valence-electron chi connectivity index (χ0n) is 12.5. The van der Waals surface area contributed by atoms with Gasteiger partial charge in [-0.05, 0) is 22.6 Å². The highest BCUT2D eigenvalue weighted by Gasteiger charge is 2.25. The van der Waals surface area contributed by atoms with Gasteiger partial charge in [0.05, 0.1) is 6.04 Å². The summed E-state index contributed by atoms with van der Waals surface area (Å²) in [5.74, 6) is 3.88. The summed E-state index contributed by atoms with van der Waals surface area (Å²) in [4.78, 5) is 0. The van der Waals surface area contributed by atoms with Gasteiger partial charge in [-0.15, -0.1) is 0 Å². The number of hydrogen-bond donors (Lipinski definition) is 2. The molecule has 2 aromatic carbocycles. The van der Waals surface area contributed by atoms with E-state index in [0.717, 1.165) is 17.2 Å². The van der Waals surface area contributed by atoms with Crippen molar-refractivity contribution < 1.29 is 8.78 Å². The Morgan fingerprint density at radius 3 is 2.19 bits per heavy atom. The second kappa shape index (κ2) is 5.92. The first-order valence-corrected chi connectivity index (χ1v) is 6.85. The number of halogens is 2. The summed E-state index contributed by atoms with van der Waals surface area (Å²) in [6, 6.07) is 11.2. The van der Waals surface area contributed by atoms with Crippen molar-refractivity contribution in [3.8, 4) is 0 Å². The lowest BCUT2D eigenvalue weighted by Gasteiger charge is -2.27. The van der Waals surface area contributed by atoms with Crippen LogP contribution in [0.2, 0.25) is 0 Å². The molecule has 0 saturated carbocycles. The van der Waals surface area contributed by atoms with Gasteiger partial charge in [-0.25, -0.2) is 14.2 Å². The number of hydrogen-bond acceptors (Lipinski definition) is 2. The summed E-state index contributed by atoms with van der Waals surface area (Å²) in [5.41, 5.74) is 4.56. The van der Waals surface area contributed by atoms with Gasteiger partial charge in [0.2, 0.25) is 0 Å². The molecule has 2 aromatic rings. The van der Waals surface area contributed by atoms with E-state index in [0.29, 0.717) is 0 Å². The molecule has 3 N–H and O–H groups in total. The van der Waals surface area contributed by atoms with Crippen LogP contribution in [0.3, 0.4) is 0 Å². The Morgan fingerprint density at radius 1 is 0.952 bits per heavy atom. The standard InChI is InChI=1S/C17H20F2N2/c1-17(2,3)13-9-5-4-7-11(13)16(21-20)12-8-6-10-14(18)15(12)19/h4-10,16,21H,20H2,1-3H3. The number of hydrazine groups is 1. The van der Waals surface area contributed by atoms with Gasteiger partial charge >= 0.3 is 0 Å². The van der Waals surface area contributed by atoms with Crippen LogP contribution in [0, 0.1) is 11.6 Å². The lowest BCUT2D eigenvalue weighted by atomic mass is 9.80. The van der Waals surface area contributed by atoms with Crippen LogP contribution in [-0.2, 0) is 5.41 Å². The summed E-state index contributed by atoms with van der Waals surface area (Å²) >= 11 is 0. The highest BCUT2D eigenvalue weighted by molar-refractivity contribution is 5.41. The van der Waals surface area contributed by atoms with Crippen LogP contribution in [0.4, 0.5) is 8.78 Å². The van der Waals surface area contributed by atoms with Crippen molar-refractivity contribution in [1.82, 2.24) is 5.43 Å².